The van der Waals surface area contributed by atoms with E-state index in [1.54, 1.807) is 18.2 Å². The number of carbonyl (C=O) groups is 1. The highest BCUT2D eigenvalue weighted by atomic mass is 35.5. The van der Waals surface area contributed by atoms with Crippen LogP contribution < -0.4 is 9.03 Å². The molecule has 0 aliphatic carbocycles. The van der Waals surface area contributed by atoms with Crippen LogP contribution in [0.2, 0.25) is 5.02 Å². The predicted octanol–water partition coefficient (Wildman–Crippen LogP) is 3.52. The Labute approximate surface area is 191 Å². The van der Waals surface area contributed by atoms with Gasteiger partial charge in [0.15, 0.2) is 0 Å². The van der Waals surface area contributed by atoms with E-state index in [0.717, 1.165) is 5.56 Å². The Morgan fingerprint density at radius 2 is 1.62 bits per heavy atom. The van der Waals surface area contributed by atoms with Crippen LogP contribution in [-0.4, -0.2) is 29.3 Å². The van der Waals surface area contributed by atoms with Crippen molar-refractivity contribution in [3.63, 3.8) is 0 Å². The van der Waals surface area contributed by atoms with Gasteiger partial charge in [0, 0.05) is 17.1 Å². The number of hydrogen-bond donors (Lipinski definition) is 1. The molecule has 0 saturated carbocycles. The van der Waals surface area contributed by atoms with E-state index in [1.807, 2.05) is 16.9 Å². The first-order chi connectivity index (χ1) is 15.1. The number of carbonyl (C=O) groups excluding carboxylic acids is 1. The summed E-state index contributed by atoms with van der Waals surface area (Å²) in [6, 6.07) is 16.8. The predicted molar refractivity (Wildman–Crippen MR) is 122 cm³/mol. The zero-order chi connectivity index (χ0) is 23.1. The molecule has 0 fully saturated rings. The fraction of sp³-hybridized carbons (Fsp3) is 0.136. The van der Waals surface area contributed by atoms with E-state index in [-0.39, 0.29) is 20.4 Å². The second-order valence-corrected chi connectivity index (χ2v) is 11.2. The number of benzene rings is 3. The topological polar surface area (TPSA) is 101 Å². The Hall–Kier alpha value is -2.88. The van der Waals surface area contributed by atoms with Gasteiger partial charge in [0.1, 0.15) is 0 Å². The number of anilines is 1. The average Bonchev–Trinajstić information content (AvgIpc) is 3.20. The molecule has 1 heterocycles. The molecule has 166 valence electrons. The van der Waals surface area contributed by atoms with E-state index in [4.69, 9.17) is 11.6 Å². The van der Waals surface area contributed by atoms with Crippen LogP contribution in [0.25, 0.3) is 0 Å². The monoisotopic (exact) mass is 490 g/mol. The largest absolute Gasteiger partial charge is 0.268 e. The normalized spacial score (nSPS) is 13.6. The molecule has 1 amide bonds. The molecule has 1 N–H and O–H groups in total. The molecule has 0 bridgehead atoms. The Morgan fingerprint density at radius 3 is 2.34 bits per heavy atom. The number of amides is 1. The zero-order valence-electron chi connectivity index (χ0n) is 16.9. The fourth-order valence-corrected chi connectivity index (χ4v) is 6.55. The van der Waals surface area contributed by atoms with Crippen molar-refractivity contribution in [3.8, 4) is 0 Å². The van der Waals surface area contributed by atoms with Gasteiger partial charge in [-0.2, -0.15) is 0 Å². The molecule has 0 spiro atoms. The Kier molecular flexibility index (Phi) is 5.74. The minimum absolute atomic E-state index is 0.00836. The number of sulfonamides is 2. The van der Waals surface area contributed by atoms with Gasteiger partial charge in [-0.3, -0.25) is 9.10 Å². The van der Waals surface area contributed by atoms with E-state index in [9.17, 15) is 21.6 Å². The molecule has 0 radical (unpaired) electrons. The van der Waals surface area contributed by atoms with Gasteiger partial charge < -0.3 is 0 Å². The zero-order valence-corrected chi connectivity index (χ0v) is 19.3. The molecule has 0 aromatic heterocycles. The molecule has 10 heteroatoms. The van der Waals surface area contributed by atoms with Crippen molar-refractivity contribution < 1.29 is 21.6 Å². The van der Waals surface area contributed by atoms with Gasteiger partial charge in [-0.05, 0) is 66.9 Å². The molecule has 1 aliphatic heterocycles. The van der Waals surface area contributed by atoms with Crippen molar-refractivity contribution in [2.45, 2.75) is 23.1 Å². The van der Waals surface area contributed by atoms with Crippen LogP contribution in [-0.2, 0) is 26.5 Å². The number of rotatable bonds is 5. The number of nitrogens with one attached hydrogen (secondary N) is 1. The Morgan fingerprint density at radius 1 is 0.938 bits per heavy atom. The number of para-hydroxylation sites is 1. The van der Waals surface area contributed by atoms with Gasteiger partial charge in [0.2, 0.25) is 0 Å². The first-order valence-corrected chi connectivity index (χ1v) is 12.9. The van der Waals surface area contributed by atoms with Crippen LogP contribution >= 0.6 is 11.6 Å². The van der Waals surface area contributed by atoms with E-state index in [1.165, 1.54) is 47.6 Å². The SMILES string of the molecule is Cc1c(Cl)cccc1S(=O)(=O)NC(=O)c1ccc(S(=O)(=O)N2CCc3ccccc32)cc1. The maximum absolute atomic E-state index is 13.1. The molecule has 7 nitrogen and oxygen atoms in total. The van der Waals surface area contributed by atoms with Crippen molar-refractivity contribution in [2.75, 3.05) is 10.8 Å². The highest BCUT2D eigenvalue weighted by Gasteiger charge is 2.30. The van der Waals surface area contributed by atoms with Gasteiger partial charge in [-0.15, -0.1) is 0 Å². The van der Waals surface area contributed by atoms with Gasteiger partial charge in [-0.25, -0.2) is 21.6 Å². The Bertz CT molecular complexity index is 1420. The molecule has 0 saturated heterocycles. The van der Waals surface area contributed by atoms with Crippen LogP contribution in [0.1, 0.15) is 21.5 Å². The second kappa shape index (κ2) is 8.23. The summed E-state index contributed by atoms with van der Waals surface area (Å²) in [5, 5.41) is 0.262. The summed E-state index contributed by atoms with van der Waals surface area (Å²) in [5.74, 6) is -0.875. The average molecular weight is 491 g/mol. The quantitative estimate of drug-likeness (QED) is 0.589. The van der Waals surface area contributed by atoms with Crippen LogP contribution in [0.15, 0.2) is 76.5 Å². The summed E-state index contributed by atoms with van der Waals surface area (Å²) in [4.78, 5) is 12.4. The lowest BCUT2D eigenvalue weighted by Crippen LogP contribution is -2.31. The lowest BCUT2D eigenvalue weighted by molar-refractivity contribution is 0.0981. The third-order valence-electron chi connectivity index (χ3n) is 5.28. The second-order valence-electron chi connectivity index (χ2n) is 7.28. The lowest BCUT2D eigenvalue weighted by Gasteiger charge is -2.19. The molecule has 1 aliphatic rings. The molecule has 3 aromatic carbocycles. The van der Waals surface area contributed by atoms with Crippen molar-refractivity contribution in [2.24, 2.45) is 0 Å². The maximum atomic E-state index is 13.1. The molecule has 3 aromatic rings. The summed E-state index contributed by atoms with van der Waals surface area (Å²) in [5.41, 5.74) is 1.92. The first kappa shape index (κ1) is 22.3. The third kappa shape index (κ3) is 3.99. The summed E-state index contributed by atoms with van der Waals surface area (Å²) in [6.07, 6.45) is 0.622. The summed E-state index contributed by atoms with van der Waals surface area (Å²) >= 11 is 5.98. The summed E-state index contributed by atoms with van der Waals surface area (Å²) < 4.78 is 54.7. The highest BCUT2D eigenvalue weighted by molar-refractivity contribution is 7.92. The lowest BCUT2D eigenvalue weighted by atomic mass is 10.2. The van der Waals surface area contributed by atoms with Crippen molar-refractivity contribution in [3.05, 3.63) is 88.4 Å². The van der Waals surface area contributed by atoms with Gasteiger partial charge >= 0.3 is 0 Å². The summed E-state index contributed by atoms with van der Waals surface area (Å²) in [6.45, 7) is 1.87. The van der Waals surface area contributed by atoms with Crippen LogP contribution in [0.5, 0.6) is 0 Å². The van der Waals surface area contributed by atoms with Crippen molar-refractivity contribution in [1.82, 2.24) is 4.72 Å². The van der Waals surface area contributed by atoms with E-state index >= 15 is 0 Å². The van der Waals surface area contributed by atoms with Gasteiger partial charge in [-0.1, -0.05) is 35.9 Å². The van der Waals surface area contributed by atoms with Crippen molar-refractivity contribution in [1.29, 1.82) is 0 Å². The molecule has 4 rings (SSSR count). The molecule has 0 unspecified atom stereocenters. The third-order valence-corrected chi connectivity index (χ3v) is 9.00. The molecule has 0 atom stereocenters. The minimum atomic E-state index is -4.16. The van der Waals surface area contributed by atoms with Crippen molar-refractivity contribution >= 4 is 43.2 Å². The highest BCUT2D eigenvalue weighted by Crippen LogP contribution is 2.32. The van der Waals surface area contributed by atoms with Crippen LogP contribution in [0.4, 0.5) is 5.69 Å². The molecule has 32 heavy (non-hydrogen) atoms. The minimum Gasteiger partial charge on any atom is -0.268 e. The standard InChI is InChI=1S/C22H19ClN2O5S2/c1-15-19(23)6-4-8-21(15)31(27,28)24-22(26)17-9-11-18(12-10-17)32(29,30)25-14-13-16-5-2-3-7-20(16)25/h2-12H,13-14H2,1H3,(H,24,26). The maximum Gasteiger partial charge on any atom is 0.264 e. The van der Waals surface area contributed by atoms with Crippen LogP contribution in [0, 0.1) is 6.92 Å². The van der Waals surface area contributed by atoms with Crippen LogP contribution in [0.3, 0.4) is 0 Å². The first-order valence-electron chi connectivity index (χ1n) is 9.64. The number of fused-ring (bicyclic) bond motifs is 1. The van der Waals surface area contributed by atoms with E-state index in [0.29, 0.717) is 24.2 Å². The number of hydrogen-bond acceptors (Lipinski definition) is 5. The number of halogens is 1. The van der Waals surface area contributed by atoms with Gasteiger partial charge in [0.25, 0.3) is 26.0 Å². The number of nitrogens with zero attached hydrogens (tertiary/aromatic N) is 1. The summed E-state index contributed by atoms with van der Waals surface area (Å²) in [7, 11) is -7.97. The fourth-order valence-electron chi connectivity index (χ4n) is 3.58. The molecular formula is C22H19ClN2O5S2. The smallest absolute Gasteiger partial charge is 0.264 e. The van der Waals surface area contributed by atoms with E-state index in [2.05, 4.69) is 0 Å². The van der Waals surface area contributed by atoms with Gasteiger partial charge in [0.05, 0.1) is 15.5 Å². The molecular weight excluding hydrogens is 472 g/mol. The Balaban J connectivity index is 1.56. The van der Waals surface area contributed by atoms with E-state index < -0.39 is 26.0 Å².